The van der Waals surface area contributed by atoms with E-state index in [2.05, 4.69) is 10.5 Å². The van der Waals surface area contributed by atoms with Crippen molar-refractivity contribution in [2.75, 3.05) is 13.2 Å². The Morgan fingerprint density at radius 1 is 1.07 bits per heavy atom. The van der Waals surface area contributed by atoms with E-state index in [0.29, 0.717) is 16.3 Å². The average molecular weight is 474 g/mol. The molecule has 7 nitrogen and oxygen atoms in total. The normalized spacial score (nSPS) is 10.9. The zero-order valence-corrected chi connectivity index (χ0v) is 18.4. The molecule has 0 aromatic heterocycles. The Bertz CT molecular complexity index is 917. The molecule has 0 heterocycles. The zero-order chi connectivity index (χ0) is 22.1. The van der Waals surface area contributed by atoms with Crippen LogP contribution in [0.25, 0.3) is 0 Å². The zero-order valence-electron chi connectivity index (χ0n) is 16.2. The predicted molar refractivity (Wildman–Crippen MR) is 116 cm³/mol. The number of rotatable bonds is 9. The van der Waals surface area contributed by atoms with E-state index in [1.165, 1.54) is 18.3 Å². The molecule has 0 fully saturated rings. The second-order valence-electron chi connectivity index (χ2n) is 6.18. The van der Waals surface area contributed by atoms with E-state index in [1.807, 2.05) is 0 Å². The van der Waals surface area contributed by atoms with Crippen LogP contribution in [0.4, 0.5) is 0 Å². The lowest BCUT2D eigenvalue weighted by atomic mass is 10.2. The van der Waals surface area contributed by atoms with E-state index in [4.69, 9.17) is 49.0 Å². The van der Waals surface area contributed by atoms with Crippen LogP contribution in [0.2, 0.25) is 15.1 Å². The molecule has 0 aliphatic heterocycles. The molecule has 160 valence electrons. The number of carbonyl (C=O) groups is 2. The van der Waals surface area contributed by atoms with Gasteiger partial charge in [0.1, 0.15) is 16.5 Å². The molecule has 0 atom stereocenters. The molecule has 2 aromatic rings. The van der Waals surface area contributed by atoms with Crippen LogP contribution in [0.1, 0.15) is 19.4 Å². The van der Waals surface area contributed by atoms with Gasteiger partial charge < -0.3 is 14.2 Å². The Kier molecular flexibility index (Phi) is 9.23. The van der Waals surface area contributed by atoms with Crippen molar-refractivity contribution in [2.24, 2.45) is 5.10 Å². The van der Waals surface area contributed by atoms with Gasteiger partial charge in [0.25, 0.3) is 5.91 Å². The Morgan fingerprint density at radius 3 is 2.43 bits per heavy atom. The summed E-state index contributed by atoms with van der Waals surface area (Å²) in [6.45, 7) is 3.02. The first-order chi connectivity index (χ1) is 14.2. The summed E-state index contributed by atoms with van der Waals surface area (Å²) in [6.07, 6.45) is 1.25. The molecule has 0 radical (unpaired) electrons. The van der Waals surface area contributed by atoms with Crippen molar-refractivity contribution in [3.05, 3.63) is 57.0 Å². The van der Waals surface area contributed by atoms with Crippen LogP contribution >= 0.6 is 34.8 Å². The molecule has 0 saturated heterocycles. The molecule has 30 heavy (non-hydrogen) atoms. The quantitative estimate of drug-likeness (QED) is 0.251. The third-order valence-corrected chi connectivity index (χ3v) is 4.33. The standard InChI is InChI=1S/C20H19Cl3N2O5/c1-12(2)30-19(27)11-28-15-5-3-13(4-6-15)9-24-25-18(26)10-29-17-8-14(21)7-16(22)20(17)23/h3-9,12H,10-11H2,1-2H3,(H,25,26). The highest BCUT2D eigenvalue weighted by molar-refractivity contribution is 6.44. The molecule has 0 saturated carbocycles. The molecule has 1 amide bonds. The summed E-state index contributed by atoms with van der Waals surface area (Å²) in [5, 5.41) is 4.57. The van der Waals surface area contributed by atoms with E-state index in [0.717, 1.165) is 0 Å². The van der Waals surface area contributed by atoms with Crippen LogP contribution in [-0.4, -0.2) is 37.4 Å². The minimum absolute atomic E-state index is 0.164. The van der Waals surface area contributed by atoms with E-state index in [-0.39, 0.29) is 35.1 Å². The number of hydrazone groups is 1. The highest BCUT2D eigenvalue weighted by Crippen LogP contribution is 2.35. The maximum Gasteiger partial charge on any atom is 0.344 e. The van der Waals surface area contributed by atoms with Gasteiger partial charge in [0.15, 0.2) is 13.2 Å². The van der Waals surface area contributed by atoms with Crippen molar-refractivity contribution >= 4 is 52.9 Å². The number of hydrogen-bond acceptors (Lipinski definition) is 6. The molecule has 0 spiro atoms. The van der Waals surface area contributed by atoms with Crippen molar-refractivity contribution in [1.82, 2.24) is 5.43 Å². The third-order valence-electron chi connectivity index (χ3n) is 3.33. The first-order valence-corrected chi connectivity index (χ1v) is 9.89. The summed E-state index contributed by atoms with van der Waals surface area (Å²) in [4.78, 5) is 23.3. The minimum Gasteiger partial charge on any atom is -0.482 e. The van der Waals surface area contributed by atoms with Gasteiger partial charge >= 0.3 is 5.97 Å². The highest BCUT2D eigenvalue weighted by atomic mass is 35.5. The van der Waals surface area contributed by atoms with Crippen molar-refractivity contribution in [2.45, 2.75) is 20.0 Å². The van der Waals surface area contributed by atoms with Crippen molar-refractivity contribution < 1.29 is 23.8 Å². The number of nitrogens with zero attached hydrogens (tertiary/aromatic N) is 1. The number of benzene rings is 2. The fourth-order valence-electron chi connectivity index (χ4n) is 2.08. The number of carbonyl (C=O) groups excluding carboxylic acids is 2. The number of hydrogen-bond donors (Lipinski definition) is 1. The van der Waals surface area contributed by atoms with Gasteiger partial charge in [0, 0.05) is 11.1 Å². The maximum absolute atomic E-state index is 11.8. The Balaban J connectivity index is 1.78. The summed E-state index contributed by atoms with van der Waals surface area (Å²) in [5.74, 6) is -0.243. The minimum atomic E-state index is -0.498. The second kappa shape index (κ2) is 11.6. The molecule has 0 aliphatic carbocycles. The monoisotopic (exact) mass is 472 g/mol. The Hall–Kier alpha value is -2.48. The highest BCUT2D eigenvalue weighted by Gasteiger charge is 2.10. The van der Waals surface area contributed by atoms with E-state index in [9.17, 15) is 9.59 Å². The van der Waals surface area contributed by atoms with Gasteiger partial charge in [-0.3, -0.25) is 4.79 Å². The van der Waals surface area contributed by atoms with E-state index in [1.54, 1.807) is 38.1 Å². The third kappa shape index (κ3) is 8.10. The Morgan fingerprint density at radius 2 is 1.77 bits per heavy atom. The molecule has 0 unspecified atom stereocenters. The van der Waals surface area contributed by atoms with Crippen molar-refractivity contribution in [3.63, 3.8) is 0 Å². The smallest absolute Gasteiger partial charge is 0.344 e. The first kappa shape index (κ1) is 23.8. The number of halogens is 3. The van der Waals surface area contributed by atoms with Gasteiger partial charge in [-0.25, -0.2) is 10.2 Å². The van der Waals surface area contributed by atoms with Gasteiger partial charge in [0.05, 0.1) is 17.3 Å². The SMILES string of the molecule is CC(C)OC(=O)COc1ccc(C=NNC(=O)COc2cc(Cl)cc(Cl)c2Cl)cc1. The fourth-order valence-corrected chi connectivity index (χ4v) is 2.72. The van der Waals surface area contributed by atoms with Crippen LogP contribution in [0, 0.1) is 0 Å². The topological polar surface area (TPSA) is 86.2 Å². The first-order valence-electron chi connectivity index (χ1n) is 8.76. The Labute approximate surface area is 188 Å². The largest absolute Gasteiger partial charge is 0.482 e. The van der Waals surface area contributed by atoms with Crippen LogP contribution in [0.5, 0.6) is 11.5 Å². The lowest BCUT2D eigenvalue weighted by Crippen LogP contribution is -2.24. The molecule has 1 N–H and O–H groups in total. The lowest BCUT2D eigenvalue weighted by molar-refractivity contribution is -0.149. The van der Waals surface area contributed by atoms with Gasteiger partial charge in [0.2, 0.25) is 0 Å². The van der Waals surface area contributed by atoms with Gasteiger partial charge in [-0.15, -0.1) is 0 Å². The lowest BCUT2D eigenvalue weighted by Gasteiger charge is -2.09. The summed E-state index contributed by atoms with van der Waals surface area (Å²) in [5.41, 5.74) is 3.03. The van der Waals surface area contributed by atoms with Crippen LogP contribution in [0.3, 0.4) is 0 Å². The summed E-state index contributed by atoms with van der Waals surface area (Å²) < 4.78 is 15.6. The number of amides is 1. The van der Waals surface area contributed by atoms with Crippen LogP contribution < -0.4 is 14.9 Å². The fraction of sp³-hybridized carbons (Fsp3) is 0.250. The molecule has 10 heteroatoms. The van der Waals surface area contributed by atoms with Crippen molar-refractivity contribution in [1.29, 1.82) is 0 Å². The summed E-state index contributed by atoms with van der Waals surface area (Å²) >= 11 is 17.8. The van der Waals surface area contributed by atoms with Crippen LogP contribution in [-0.2, 0) is 14.3 Å². The molecular weight excluding hydrogens is 455 g/mol. The number of esters is 1. The second-order valence-corrected chi connectivity index (χ2v) is 7.40. The molecule has 2 aromatic carbocycles. The van der Waals surface area contributed by atoms with Gasteiger partial charge in [-0.2, -0.15) is 5.10 Å². The van der Waals surface area contributed by atoms with Crippen LogP contribution in [0.15, 0.2) is 41.5 Å². The molecular formula is C20H19Cl3N2O5. The van der Waals surface area contributed by atoms with Gasteiger partial charge in [-0.05, 0) is 49.7 Å². The summed E-state index contributed by atoms with van der Waals surface area (Å²) in [7, 11) is 0. The van der Waals surface area contributed by atoms with Crippen molar-refractivity contribution in [3.8, 4) is 11.5 Å². The molecule has 2 rings (SSSR count). The number of ether oxygens (including phenoxy) is 3. The summed E-state index contributed by atoms with van der Waals surface area (Å²) in [6, 6.07) is 9.68. The average Bonchev–Trinajstić information content (AvgIpc) is 2.68. The molecule has 0 aliphatic rings. The predicted octanol–water partition coefficient (Wildman–Crippen LogP) is 4.51. The van der Waals surface area contributed by atoms with E-state index >= 15 is 0 Å². The maximum atomic E-state index is 11.8. The van der Waals surface area contributed by atoms with Gasteiger partial charge in [-0.1, -0.05) is 34.8 Å². The number of nitrogens with one attached hydrogen (secondary N) is 1. The molecule has 0 bridgehead atoms. The van der Waals surface area contributed by atoms with E-state index < -0.39 is 11.9 Å².